The van der Waals surface area contributed by atoms with Crippen LogP contribution in [0.5, 0.6) is 0 Å². The van der Waals surface area contributed by atoms with Gasteiger partial charge in [0.2, 0.25) is 5.91 Å². The molecule has 0 heterocycles. The highest BCUT2D eigenvalue weighted by molar-refractivity contribution is 7.80. The molecular weight excluding hydrogens is 306 g/mol. The number of nitrogens with zero attached hydrogens (tertiary/aromatic N) is 1. The van der Waals surface area contributed by atoms with Crippen molar-refractivity contribution < 1.29 is 4.79 Å². The first-order valence-electron chi connectivity index (χ1n) is 7.47. The summed E-state index contributed by atoms with van der Waals surface area (Å²) in [4.78, 5) is 13.9. The highest BCUT2D eigenvalue weighted by atomic mass is 32.1. The molecule has 0 saturated carbocycles. The Hall–Kier alpha value is -2.40. The highest BCUT2D eigenvalue weighted by Gasteiger charge is 2.05. The largest absolute Gasteiger partial charge is 0.378 e. The van der Waals surface area contributed by atoms with Crippen molar-refractivity contribution in [1.29, 1.82) is 0 Å². The summed E-state index contributed by atoms with van der Waals surface area (Å²) < 4.78 is 0. The molecule has 2 aromatic carbocycles. The molecule has 0 fully saturated rings. The van der Waals surface area contributed by atoms with E-state index in [4.69, 9.17) is 12.2 Å². The molecule has 2 N–H and O–H groups in total. The Kier molecular flexibility index (Phi) is 6.11. The summed E-state index contributed by atoms with van der Waals surface area (Å²) >= 11 is 5.17. The number of thiocarbonyl (C=S) groups is 1. The average Bonchev–Trinajstić information content (AvgIpc) is 2.54. The molecule has 0 radical (unpaired) electrons. The topological polar surface area (TPSA) is 44.4 Å². The molecule has 0 bridgehead atoms. The van der Waals surface area contributed by atoms with Gasteiger partial charge < -0.3 is 15.5 Å². The maximum absolute atomic E-state index is 11.9. The number of rotatable bonds is 5. The lowest BCUT2D eigenvalue weighted by Crippen LogP contribution is -2.34. The van der Waals surface area contributed by atoms with E-state index in [1.807, 2.05) is 73.6 Å². The lowest BCUT2D eigenvalue weighted by Gasteiger charge is -2.14. The standard InChI is InChI=1S/C18H21N3OS/c1-21(2)16-11-9-15(10-12-16)19-18(23)20-17(22)13-8-14-6-4-3-5-7-14/h3-7,9-12H,8,13H2,1-2H3,(H2,19,20,22,23). The predicted molar refractivity (Wildman–Crippen MR) is 99.9 cm³/mol. The van der Waals surface area contributed by atoms with Gasteiger partial charge in [-0.05, 0) is 48.5 Å². The van der Waals surface area contributed by atoms with Crippen LogP contribution in [0.4, 0.5) is 11.4 Å². The predicted octanol–water partition coefficient (Wildman–Crippen LogP) is 3.20. The molecule has 4 nitrogen and oxygen atoms in total. The fourth-order valence-corrected chi connectivity index (χ4v) is 2.33. The normalized spacial score (nSPS) is 10.0. The molecule has 0 saturated heterocycles. The van der Waals surface area contributed by atoms with E-state index in [2.05, 4.69) is 10.6 Å². The number of hydrogen-bond donors (Lipinski definition) is 2. The molecule has 0 aromatic heterocycles. The van der Waals surface area contributed by atoms with Crippen LogP contribution in [0.15, 0.2) is 54.6 Å². The zero-order valence-electron chi connectivity index (χ0n) is 13.4. The van der Waals surface area contributed by atoms with Crippen molar-refractivity contribution in [2.45, 2.75) is 12.8 Å². The van der Waals surface area contributed by atoms with Crippen LogP contribution in [-0.4, -0.2) is 25.1 Å². The van der Waals surface area contributed by atoms with Crippen molar-refractivity contribution in [3.05, 3.63) is 60.2 Å². The van der Waals surface area contributed by atoms with E-state index < -0.39 is 0 Å². The lowest BCUT2D eigenvalue weighted by atomic mass is 10.1. The second kappa shape index (κ2) is 8.29. The minimum atomic E-state index is -0.0868. The molecule has 23 heavy (non-hydrogen) atoms. The van der Waals surface area contributed by atoms with E-state index in [1.165, 1.54) is 0 Å². The number of anilines is 2. The number of nitrogens with one attached hydrogen (secondary N) is 2. The van der Waals surface area contributed by atoms with Gasteiger partial charge in [0.15, 0.2) is 5.11 Å². The third kappa shape index (κ3) is 5.71. The Balaban J connectivity index is 1.78. The number of carbonyl (C=O) groups excluding carboxylic acids is 1. The van der Waals surface area contributed by atoms with Crippen LogP contribution in [0.1, 0.15) is 12.0 Å². The van der Waals surface area contributed by atoms with E-state index in [-0.39, 0.29) is 5.91 Å². The summed E-state index contributed by atoms with van der Waals surface area (Å²) in [5.41, 5.74) is 3.10. The summed E-state index contributed by atoms with van der Waals surface area (Å²) in [6.07, 6.45) is 1.11. The third-order valence-electron chi connectivity index (χ3n) is 3.38. The molecule has 5 heteroatoms. The van der Waals surface area contributed by atoms with E-state index >= 15 is 0 Å². The van der Waals surface area contributed by atoms with E-state index in [0.717, 1.165) is 16.9 Å². The van der Waals surface area contributed by atoms with Crippen molar-refractivity contribution in [1.82, 2.24) is 5.32 Å². The minimum Gasteiger partial charge on any atom is -0.378 e. The van der Waals surface area contributed by atoms with Crippen LogP contribution in [0, 0.1) is 0 Å². The molecule has 1 amide bonds. The molecular formula is C18H21N3OS. The zero-order valence-corrected chi connectivity index (χ0v) is 14.2. The minimum absolute atomic E-state index is 0.0868. The van der Waals surface area contributed by atoms with Crippen molar-refractivity contribution in [2.24, 2.45) is 0 Å². The lowest BCUT2D eigenvalue weighted by molar-refractivity contribution is -0.119. The average molecular weight is 327 g/mol. The van der Waals surface area contributed by atoms with Crippen LogP contribution >= 0.6 is 12.2 Å². The molecule has 0 atom stereocenters. The van der Waals surface area contributed by atoms with Crippen molar-refractivity contribution >= 4 is 34.6 Å². The Morgan fingerprint density at radius 3 is 2.30 bits per heavy atom. The molecule has 0 spiro atoms. The first-order valence-corrected chi connectivity index (χ1v) is 7.87. The van der Waals surface area contributed by atoms with Gasteiger partial charge in [0.05, 0.1) is 0 Å². The van der Waals surface area contributed by atoms with Crippen molar-refractivity contribution in [2.75, 3.05) is 24.3 Å². The van der Waals surface area contributed by atoms with Crippen LogP contribution < -0.4 is 15.5 Å². The molecule has 2 rings (SSSR count). The highest BCUT2D eigenvalue weighted by Crippen LogP contribution is 2.15. The summed E-state index contributed by atoms with van der Waals surface area (Å²) in [6.45, 7) is 0. The zero-order chi connectivity index (χ0) is 16.7. The van der Waals surface area contributed by atoms with Gasteiger partial charge >= 0.3 is 0 Å². The van der Waals surface area contributed by atoms with Gasteiger partial charge in [-0.15, -0.1) is 0 Å². The quantitative estimate of drug-likeness (QED) is 0.828. The SMILES string of the molecule is CN(C)c1ccc(NC(=S)NC(=O)CCc2ccccc2)cc1. The molecule has 120 valence electrons. The molecule has 2 aromatic rings. The Morgan fingerprint density at radius 1 is 1.04 bits per heavy atom. The summed E-state index contributed by atoms with van der Waals surface area (Å²) in [6, 6.07) is 17.8. The number of hydrogen-bond acceptors (Lipinski definition) is 3. The maximum Gasteiger partial charge on any atom is 0.226 e. The summed E-state index contributed by atoms with van der Waals surface area (Å²) in [5.74, 6) is -0.0868. The van der Waals surface area contributed by atoms with Gasteiger partial charge in [-0.2, -0.15) is 0 Å². The third-order valence-corrected chi connectivity index (χ3v) is 3.58. The van der Waals surface area contributed by atoms with E-state index in [1.54, 1.807) is 0 Å². The first-order chi connectivity index (χ1) is 11.0. The first kappa shape index (κ1) is 17.0. The van der Waals surface area contributed by atoms with Crippen molar-refractivity contribution in [3.63, 3.8) is 0 Å². The van der Waals surface area contributed by atoms with Gasteiger partial charge in [-0.25, -0.2) is 0 Å². The van der Waals surface area contributed by atoms with Gasteiger partial charge in [-0.1, -0.05) is 30.3 Å². The number of amides is 1. The van der Waals surface area contributed by atoms with Crippen LogP contribution in [-0.2, 0) is 11.2 Å². The summed E-state index contributed by atoms with van der Waals surface area (Å²) in [7, 11) is 3.97. The van der Waals surface area contributed by atoms with E-state index in [9.17, 15) is 4.79 Å². The van der Waals surface area contributed by atoms with Crippen molar-refractivity contribution in [3.8, 4) is 0 Å². The molecule has 0 aliphatic rings. The number of benzene rings is 2. The molecule has 0 aliphatic carbocycles. The summed E-state index contributed by atoms with van der Waals surface area (Å²) in [5, 5.41) is 6.05. The number of aryl methyl sites for hydroxylation is 1. The van der Waals surface area contributed by atoms with Crippen LogP contribution in [0.25, 0.3) is 0 Å². The van der Waals surface area contributed by atoms with Gasteiger partial charge in [0, 0.05) is 31.9 Å². The number of carbonyl (C=O) groups is 1. The second-order valence-corrected chi connectivity index (χ2v) is 5.84. The van der Waals surface area contributed by atoms with Gasteiger partial charge in [0.1, 0.15) is 0 Å². The van der Waals surface area contributed by atoms with Gasteiger partial charge in [0.25, 0.3) is 0 Å². The Morgan fingerprint density at radius 2 is 1.70 bits per heavy atom. The smallest absolute Gasteiger partial charge is 0.226 e. The molecule has 0 aliphatic heterocycles. The second-order valence-electron chi connectivity index (χ2n) is 5.43. The molecule has 0 unspecified atom stereocenters. The van der Waals surface area contributed by atoms with Crippen LogP contribution in [0.3, 0.4) is 0 Å². The van der Waals surface area contributed by atoms with Gasteiger partial charge in [-0.3, -0.25) is 4.79 Å². The van der Waals surface area contributed by atoms with E-state index in [0.29, 0.717) is 18.0 Å². The fraction of sp³-hybridized carbons (Fsp3) is 0.222. The fourth-order valence-electron chi connectivity index (χ4n) is 2.10. The Bertz CT molecular complexity index is 654. The monoisotopic (exact) mass is 327 g/mol. The maximum atomic E-state index is 11.9. The van der Waals surface area contributed by atoms with Crippen LogP contribution in [0.2, 0.25) is 0 Å². The Labute approximate surface area is 142 Å².